The number of β-lactam (4-membered cyclic amide) rings is 1. The number of hydrogen-bond acceptors (Lipinski definition) is 2. The number of urea groups is 1. The summed E-state index contributed by atoms with van der Waals surface area (Å²) in [6, 6.07) is -0.718. The quantitative estimate of drug-likeness (QED) is 0.461. The average molecular weight is 177 g/mol. The Morgan fingerprint density at radius 2 is 2.45 bits per heavy atom. The second kappa shape index (κ2) is 2.37. The molecule has 0 spiro atoms. The van der Waals surface area contributed by atoms with E-state index in [0.717, 1.165) is 4.90 Å². The van der Waals surface area contributed by atoms with Gasteiger partial charge >= 0.3 is 6.03 Å². The van der Waals surface area contributed by atoms with Gasteiger partial charge in [0.25, 0.3) is 0 Å². The van der Waals surface area contributed by atoms with Crippen LogP contribution in [-0.2, 0) is 4.79 Å². The van der Waals surface area contributed by atoms with Gasteiger partial charge in [-0.15, -0.1) is 11.6 Å². The molecule has 0 aliphatic carbocycles. The Hall–Kier alpha value is -0.770. The molecule has 1 saturated heterocycles. The van der Waals surface area contributed by atoms with Crippen molar-refractivity contribution in [2.75, 3.05) is 5.88 Å². The minimum atomic E-state index is -0.718. The van der Waals surface area contributed by atoms with E-state index >= 15 is 0 Å². The third kappa shape index (κ3) is 1.07. The van der Waals surface area contributed by atoms with Gasteiger partial charge in [-0.3, -0.25) is 9.69 Å². The molecule has 1 aliphatic heterocycles. The Morgan fingerprint density at radius 3 is 2.64 bits per heavy atom. The van der Waals surface area contributed by atoms with Crippen LogP contribution < -0.4 is 5.73 Å². The van der Waals surface area contributed by atoms with Gasteiger partial charge in [0.1, 0.15) is 0 Å². The summed E-state index contributed by atoms with van der Waals surface area (Å²) in [7, 11) is 0. The first-order valence-electron chi connectivity index (χ1n) is 3.20. The van der Waals surface area contributed by atoms with Crippen LogP contribution in [0.3, 0.4) is 0 Å². The first-order chi connectivity index (χ1) is 5.01. The van der Waals surface area contributed by atoms with Gasteiger partial charge in [0.2, 0.25) is 5.91 Å². The molecule has 11 heavy (non-hydrogen) atoms. The summed E-state index contributed by atoms with van der Waals surface area (Å²) < 4.78 is 0. The second-order valence-corrected chi connectivity index (χ2v) is 3.14. The highest BCUT2D eigenvalue weighted by molar-refractivity contribution is 6.20. The van der Waals surface area contributed by atoms with Crippen molar-refractivity contribution in [1.82, 2.24) is 4.90 Å². The lowest BCUT2D eigenvalue weighted by atomic mass is 9.88. The van der Waals surface area contributed by atoms with Gasteiger partial charge in [-0.1, -0.05) is 0 Å². The van der Waals surface area contributed by atoms with Crippen molar-refractivity contribution in [1.29, 1.82) is 0 Å². The minimum absolute atomic E-state index is 0.238. The number of halogens is 1. The number of rotatable bonds is 1. The van der Waals surface area contributed by atoms with Gasteiger partial charge in [-0.25, -0.2) is 4.79 Å². The minimum Gasteiger partial charge on any atom is -0.351 e. The number of carbonyl (C=O) groups excluding carboxylic acids is 2. The fourth-order valence-electron chi connectivity index (χ4n) is 1.19. The molecule has 1 fully saturated rings. The van der Waals surface area contributed by atoms with Crippen LogP contribution in [0.2, 0.25) is 0 Å². The van der Waals surface area contributed by atoms with E-state index in [1.165, 1.54) is 0 Å². The largest absolute Gasteiger partial charge is 0.351 e. The fraction of sp³-hybridized carbons (Fsp3) is 0.667. The maximum absolute atomic E-state index is 10.8. The van der Waals surface area contributed by atoms with Gasteiger partial charge in [0.05, 0.1) is 12.0 Å². The SMILES string of the molecule is C[C@@]1(CCl)CC(=O)N1C(N)=O. The molecule has 0 aromatic heterocycles. The van der Waals surface area contributed by atoms with Crippen LogP contribution in [0.25, 0.3) is 0 Å². The Bertz CT molecular complexity index is 211. The number of hydrogen-bond donors (Lipinski definition) is 1. The first kappa shape index (κ1) is 8.33. The summed E-state index contributed by atoms with van der Waals surface area (Å²) in [5, 5.41) is 0. The van der Waals surface area contributed by atoms with Gasteiger partial charge in [-0.05, 0) is 6.92 Å². The maximum Gasteiger partial charge on any atom is 0.322 e. The van der Waals surface area contributed by atoms with Crippen LogP contribution in [0, 0.1) is 0 Å². The predicted molar refractivity (Wildman–Crippen MR) is 40.2 cm³/mol. The summed E-state index contributed by atoms with van der Waals surface area (Å²) in [4.78, 5) is 22.4. The lowest BCUT2D eigenvalue weighted by molar-refractivity contribution is -0.146. The smallest absolute Gasteiger partial charge is 0.322 e. The lowest BCUT2D eigenvalue weighted by Crippen LogP contribution is -2.66. The van der Waals surface area contributed by atoms with E-state index in [-0.39, 0.29) is 11.8 Å². The Kier molecular flexibility index (Phi) is 1.80. The molecule has 0 radical (unpaired) electrons. The summed E-state index contributed by atoms with van der Waals surface area (Å²) >= 11 is 5.55. The van der Waals surface area contributed by atoms with Crippen molar-refractivity contribution >= 4 is 23.5 Å². The zero-order chi connectivity index (χ0) is 8.65. The van der Waals surface area contributed by atoms with Crippen LogP contribution in [0.4, 0.5) is 4.79 Å². The highest BCUT2D eigenvalue weighted by atomic mass is 35.5. The number of imide groups is 1. The third-order valence-corrected chi connectivity index (χ3v) is 2.41. The predicted octanol–water partition coefficient (Wildman–Crippen LogP) is 0.295. The molecule has 0 unspecified atom stereocenters. The lowest BCUT2D eigenvalue weighted by Gasteiger charge is -2.45. The number of amides is 3. The molecular weight excluding hydrogens is 168 g/mol. The summed E-state index contributed by atoms with van der Waals surface area (Å²) in [5.41, 5.74) is 4.40. The molecule has 1 rings (SSSR count). The molecule has 0 aromatic rings. The maximum atomic E-state index is 10.8. The van der Waals surface area contributed by atoms with Crippen molar-refractivity contribution in [3.05, 3.63) is 0 Å². The van der Waals surface area contributed by atoms with E-state index in [9.17, 15) is 9.59 Å². The third-order valence-electron chi connectivity index (χ3n) is 1.83. The Balaban J connectivity index is 2.76. The summed E-state index contributed by atoms with van der Waals surface area (Å²) in [5.74, 6) is -0.0116. The summed E-state index contributed by atoms with van der Waals surface area (Å²) in [6.45, 7) is 1.73. The number of alkyl halides is 1. The van der Waals surface area contributed by atoms with E-state index in [1.54, 1.807) is 6.92 Å². The molecule has 1 aliphatic rings. The van der Waals surface area contributed by atoms with Crippen LogP contribution in [0.1, 0.15) is 13.3 Å². The van der Waals surface area contributed by atoms with Gasteiger partial charge < -0.3 is 5.73 Å². The highest BCUT2D eigenvalue weighted by Crippen LogP contribution is 2.31. The standard InChI is InChI=1S/C6H9ClN2O2/c1-6(3-7)2-4(10)9(6)5(8)11/h2-3H2,1H3,(H2,8,11)/t6-/m0/s1. The topological polar surface area (TPSA) is 63.4 Å². The van der Waals surface area contributed by atoms with Crippen molar-refractivity contribution in [3.63, 3.8) is 0 Å². The average Bonchev–Trinajstić information content (AvgIpc) is 1.84. The number of nitrogens with two attached hydrogens (primary N) is 1. The second-order valence-electron chi connectivity index (χ2n) is 2.87. The Morgan fingerprint density at radius 1 is 1.91 bits per heavy atom. The van der Waals surface area contributed by atoms with E-state index in [0.29, 0.717) is 6.42 Å². The number of primary amides is 1. The van der Waals surface area contributed by atoms with Crippen molar-refractivity contribution in [2.45, 2.75) is 18.9 Å². The van der Waals surface area contributed by atoms with Crippen LogP contribution in [0.15, 0.2) is 0 Å². The number of nitrogens with zero attached hydrogens (tertiary/aromatic N) is 1. The number of likely N-dealkylation sites (tertiary alicyclic amines) is 1. The van der Waals surface area contributed by atoms with Crippen LogP contribution >= 0.6 is 11.6 Å². The van der Waals surface area contributed by atoms with E-state index in [2.05, 4.69) is 0 Å². The first-order valence-corrected chi connectivity index (χ1v) is 3.73. The van der Waals surface area contributed by atoms with E-state index in [4.69, 9.17) is 17.3 Å². The Labute approximate surface area is 69.3 Å². The van der Waals surface area contributed by atoms with Crippen molar-refractivity contribution < 1.29 is 9.59 Å². The molecule has 0 bridgehead atoms. The normalized spacial score (nSPS) is 30.0. The molecule has 3 amide bonds. The zero-order valence-electron chi connectivity index (χ0n) is 6.13. The molecule has 62 valence electrons. The molecule has 2 N–H and O–H groups in total. The van der Waals surface area contributed by atoms with Crippen molar-refractivity contribution in [3.8, 4) is 0 Å². The van der Waals surface area contributed by atoms with E-state index in [1.807, 2.05) is 0 Å². The zero-order valence-corrected chi connectivity index (χ0v) is 6.89. The monoisotopic (exact) mass is 176 g/mol. The van der Waals surface area contributed by atoms with Crippen molar-refractivity contribution in [2.24, 2.45) is 5.73 Å². The molecule has 5 heteroatoms. The van der Waals surface area contributed by atoms with Gasteiger partial charge in [0, 0.05) is 5.88 Å². The van der Waals surface area contributed by atoms with Crippen LogP contribution in [-0.4, -0.2) is 28.3 Å². The number of carbonyl (C=O) groups is 2. The van der Waals surface area contributed by atoms with Crippen LogP contribution in [0.5, 0.6) is 0 Å². The molecule has 0 aromatic carbocycles. The molecule has 0 saturated carbocycles. The molecular formula is C6H9ClN2O2. The van der Waals surface area contributed by atoms with E-state index < -0.39 is 11.6 Å². The molecule has 1 heterocycles. The van der Waals surface area contributed by atoms with Gasteiger partial charge in [-0.2, -0.15) is 0 Å². The summed E-state index contributed by atoms with van der Waals surface area (Å²) in [6.07, 6.45) is 0.305. The fourth-order valence-corrected chi connectivity index (χ4v) is 1.40. The van der Waals surface area contributed by atoms with Gasteiger partial charge in [0.15, 0.2) is 0 Å². The molecule has 4 nitrogen and oxygen atoms in total. The molecule has 1 atom stereocenters. The highest BCUT2D eigenvalue weighted by Gasteiger charge is 2.49.